The van der Waals surface area contributed by atoms with Crippen molar-refractivity contribution < 1.29 is 14.3 Å². The first-order chi connectivity index (χ1) is 15.0. The lowest BCUT2D eigenvalue weighted by Crippen LogP contribution is -2.26. The van der Waals surface area contributed by atoms with Gasteiger partial charge in [-0.15, -0.1) is 5.10 Å². The fourth-order valence-corrected chi connectivity index (χ4v) is 3.68. The van der Waals surface area contributed by atoms with Crippen LogP contribution in [0.5, 0.6) is 0 Å². The van der Waals surface area contributed by atoms with Gasteiger partial charge < -0.3 is 9.47 Å². The van der Waals surface area contributed by atoms with Crippen LogP contribution < -0.4 is 0 Å². The lowest BCUT2D eigenvalue weighted by Gasteiger charge is -2.25. The van der Waals surface area contributed by atoms with Crippen molar-refractivity contribution in [3.05, 3.63) is 81.9 Å². The van der Waals surface area contributed by atoms with Crippen LogP contribution in [0.4, 0.5) is 0 Å². The largest absolute Gasteiger partial charge is 0.460 e. The molecule has 0 bridgehead atoms. The van der Waals surface area contributed by atoms with Crippen LogP contribution >= 0.6 is 23.2 Å². The molecule has 0 fully saturated rings. The van der Waals surface area contributed by atoms with Crippen LogP contribution in [0.25, 0.3) is 0 Å². The monoisotopic (exact) mass is 461 g/mol. The lowest BCUT2D eigenvalue weighted by molar-refractivity contribution is 0.0112. The highest BCUT2D eigenvalue weighted by molar-refractivity contribution is 6.42. The predicted octanol–water partition coefficient (Wildman–Crippen LogP) is 5.54. The Morgan fingerprint density at radius 3 is 2.65 bits per heavy atom. The summed E-state index contributed by atoms with van der Waals surface area (Å²) in [6.45, 7) is 4.46. The minimum atomic E-state index is -0.546. The fourth-order valence-electron chi connectivity index (χ4n) is 3.26. The molecule has 0 spiro atoms. The van der Waals surface area contributed by atoms with Gasteiger partial charge in [0.1, 0.15) is 6.33 Å². The Morgan fingerprint density at radius 1 is 1.13 bits per heavy atom. The summed E-state index contributed by atoms with van der Waals surface area (Å²) in [6.07, 6.45) is 2.67. The molecule has 3 rings (SSSR count). The Morgan fingerprint density at radius 2 is 1.90 bits per heavy atom. The third-order valence-electron chi connectivity index (χ3n) is 4.94. The summed E-state index contributed by atoms with van der Waals surface area (Å²) < 4.78 is 12.8. The molecule has 164 valence electrons. The van der Waals surface area contributed by atoms with Crippen molar-refractivity contribution in [2.75, 3.05) is 6.61 Å². The quantitative estimate of drug-likeness (QED) is 0.370. The molecular weight excluding hydrogens is 437 g/mol. The molecule has 1 aromatic heterocycles. The molecule has 0 amide bonds. The van der Waals surface area contributed by atoms with Crippen molar-refractivity contribution in [2.45, 2.75) is 45.4 Å². The van der Waals surface area contributed by atoms with Crippen LogP contribution in [0, 0.1) is 0 Å². The second kappa shape index (κ2) is 11.3. The third kappa shape index (κ3) is 6.29. The van der Waals surface area contributed by atoms with Gasteiger partial charge in [0.15, 0.2) is 0 Å². The van der Waals surface area contributed by atoms with Gasteiger partial charge in [-0.1, -0.05) is 65.7 Å². The van der Waals surface area contributed by atoms with Gasteiger partial charge in [0.25, 0.3) is 5.82 Å². The van der Waals surface area contributed by atoms with Crippen molar-refractivity contribution in [3.63, 3.8) is 0 Å². The van der Waals surface area contributed by atoms with E-state index in [4.69, 9.17) is 32.7 Å². The highest BCUT2D eigenvalue weighted by atomic mass is 35.5. The minimum absolute atomic E-state index is 0.0305. The zero-order valence-corrected chi connectivity index (χ0v) is 19.0. The standard InChI is InChI=1S/C23H25Cl2N3O3/c1-3-30-23(29)22-26-15-28(27-22)20(13-12-18-10-7-11-19(24)21(18)25)16(2)31-14-17-8-5-4-6-9-17/h4-11,15-16,20H,3,12-14H2,1-2H3/t16-,20+/m0/s1. The van der Waals surface area contributed by atoms with E-state index in [2.05, 4.69) is 10.1 Å². The van der Waals surface area contributed by atoms with Crippen molar-refractivity contribution in [3.8, 4) is 0 Å². The Hall–Kier alpha value is -2.41. The van der Waals surface area contributed by atoms with Crippen LogP contribution in [0.15, 0.2) is 54.9 Å². The van der Waals surface area contributed by atoms with Crippen LogP contribution in [0.1, 0.15) is 48.1 Å². The summed E-state index contributed by atoms with van der Waals surface area (Å²) in [7, 11) is 0. The zero-order valence-electron chi connectivity index (χ0n) is 17.5. The molecule has 6 nitrogen and oxygen atoms in total. The normalized spacial score (nSPS) is 13.0. The SMILES string of the molecule is CCOC(=O)c1ncn([C@H](CCc2cccc(Cl)c2Cl)[C@H](C)OCc2ccccc2)n1. The Balaban J connectivity index is 1.77. The molecule has 0 radical (unpaired) electrons. The number of aromatic nitrogens is 3. The summed E-state index contributed by atoms with van der Waals surface area (Å²) in [6, 6.07) is 15.4. The number of carbonyl (C=O) groups excluding carboxylic acids is 1. The molecule has 0 aliphatic heterocycles. The number of rotatable bonds is 10. The molecule has 1 heterocycles. The second-order valence-corrected chi connectivity index (χ2v) is 7.87. The predicted molar refractivity (Wildman–Crippen MR) is 120 cm³/mol. The minimum Gasteiger partial charge on any atom is -0.460 e. The first kappa shape index (κ1) is 23.3. The summed E-state index contributed by atoms with van der Waals surface area (Å²) >= 11 is 12.5. The molecule has 2 aromatic carbocycles. The summed E-state index contributed by atoms with van der Waals surface area (Å²) in [5, 5.41) is 5.42. The topological polar surface area (TPSA) is 66.2 Å². The fraction of sp³-hybridized carbons (Fsp3) is 0.348. The number of esters is 1. The van der Waals surface area contributed by atoms with Crippen molar-refractivity contribution in [1.29, 1.82) is 0 Å². The van der Waals surface area contributed by atoms with E-state index in [-0.39, 0.29) is 24.6 Å². The average molecular weight is 462 g/mol. The van der Waals surface area contributed by atoms with Gasteiger partial charge in [-0.2, -0.15) is 0 Å². The van der Waals surface area contributed by atoms with Gasteiger partial charge in [0, 0.05) is 0 Å². The van der Waals surface area contributed by atoms with Gasteiger partial charge in [-0.25, -0.2) is 14.5 Å². The van der Waals surface area contributed by atoms with Crippen LogP contribution in [0.2, 0.25) is 10.0 Å². The van der Waals surface area contributed by atoms with E-state index in [1.165, 1.54) is 0 Å². The van der Waals surface area contributed by atoms with E-state index in [0.29, 0.717) is 29.5 Å². The average Bonchev–Trinajstić information content (AvgIpc) is 3.26. The van der Waals surface area contributed by atoms with E-state index < -0.39 is 5.97 Å². The molecule has 0 saturated carbocycles. The number of aryl methyl sites for hydroxylation is 1. The second-order valence-electron chi connectivity index (χ2n) is 7.09. The Labute approximate surface area is 192 Å². The number of hydrogen-bond donors (Lipinski definition) is 0. The van der Waals surface area contributed by atoms with E-state index in [0.717, 1.165) is 11.1 Å². The van der Waals surface area contributed by atoms with Crippen molar-refractivity contribution in [2.24, 2.45) is 0 Å². The van der Waals surface area contributed by atoms with E-state index >= 15 is 0 Å². The highest BCUT2D eigenvalue weighted by Crippen LogP contribution is 2.29. The number of nitrogens with zero attached hydrogens (tertiary/aromatic N) is 3. The molecular formula is C23H25Cl2N3O3. The van der Waals surface area contributed by atoms with Crippen molar-refractivity contribution in [1.82, 2.24) is 14.8 Å². The Kier molecular flexibility index (Phi) is 8.46. The first-order valence-corrected chi connectivity index (χ1v) is 10.9. The first-order valence-electron chi connectivity index (χ1n) is 10.2. The van der Waals surface area contributed by atoms with E-state index in [1.54, 1.807) is 24.0 Å². The van der Waals surface area contributed by atoms with Gasteiger partial charge in [0.05, 0.1) is 35.4 Å². The lowest BCUT2D eigenvalue weighted by atomic mass is 10.0. The zero-order chi connectivity index (χ0) is 22.2. The maximum Gasteiger partial charge on any atom is 0.378 e. The van der Waals surface area contributed by atoms with Gasteiger partial charge in [-0.3, -0.25) is 0 Å². The maximum absolute atomic E-state index is 12.0. The molecule has 3 aromatic rings. The van der Waals surface area contributed by atoms with Gasteiger partial charge in [0.2, 0.25) is 0 Å². The third-order valence-corrected chi connectivity index (χ3v) is 5.80. The Bertz CT molecular complexity index is 995. The summed E-state index contributed by atoms with van der Waals surface area (Å²) in [4.78, 5) is 16.1. The highest BCUT2D eigenvalue weighted by Gasteiger charge is 2.24. The van der Waals surface area contributed by atoms with Gasteiger partial charge >= 0.3 is 5.97 Å². The number of ether oxygens (including phenoxy) is 2. The van der Waals surface area contributed by atoms with Crippen molar-refractivity contribution >= 4 is 29.2 Å². The molecule has 0 saturated heterocycles. The molecule has 0 aliphatic carbocycles. The molecule has 31 heavy (non-hydrogen) atoms. The number of hydrogen-bond acceptors (Lipinski definition) is 5. The summed E-state index contributed by atoms with van der Waals surface area (Å²) in [5.41, 5.74) is 2.02. The summed E-state index contributed by atoms with van der Waals surface area (Å²) in [5.74, 6) is -0.515. The van der Waals surface area contributed by atoms with Crippen LogP contribution in [-0.4, -0.2) is 33.4 Å². The number of benzene rings is 2. The molecule has 0 N–H and O–H groups in total. The molecule has 8 heteroatoms. The van der Waals surface area contributed by atoms with E-state index in [9.17, 15) is 4.79 Å². The van der Waals surface area contributed by atoms with E-state index in [1.807, 2.05) is 49.4 Å². The molecule has 2 atom stereocenters. The van der Waals surface area contributed by atoms with Crippen LogP contribution in [-0.2, 0) is 22.5 Å². The smallest absolute Gasteiger partial charge is 0.378 e. The number of halogens is 2. The molecule has 0 unspecified atom stereocenters. The number of carbonyl (C=O) groups is 1. The molecule has 0 aliphatic rings. The maximum atomic E-state index is 12.0. The van der Waals surface area contributed by atoms with Gasteiger partial charge in [-0.05, 0) is 43.9 Å². The van der Waals surface area contributed by atoms with Crippen LogP contribution in [0.3, 0.4) is 0 Å².